The normalized spacial score (nSPS) is 18.2. The van der Waals surface area contributed by atoms with Crippen molar-refractivity contribution in [3.63, 3.8) is 0 Å². The van der Waals surface area contributed by atoms with Crippen LogP contribution in [0.25, 0.3) is 0 Å². The number of carbonyl (C=O) groups excluding carboxylic acids is 2. The predicted octanol–water partition coefficient (Wildman–Crippen LogP) is 2.30. The molecule has 0 saturated carbocycles. The summed E-state index contributed by atoms with van der Waals surface area (Å²) in [5.74, 6) is -0.355. The Hall–Kier alpha value is -1.67. The molecule has 0 aliphatic carbocycles. The van der Waals surface area contributed by atoms with Gasteiger partial charge in [0.2, 0.25) is 15.8 Å². The van der Waals surface area contributed by atoms with E-state index in [-0.39, 0.29) is 12.4 Å². The molecule has 0 spiro atoms. The Morgan fingerprint density at radius 2 is 1.96 bits per heavy atom. The van der Waals surface area contributed by atoms with Gasteiger partial charge in [-0.1, -0.05) is 13.8 Å². The van der Waals surface area contributed by atoms with Crippen molar-refractivity contribution in [1.29, 1.82) is 0 Å². The quantitative estimate of drug-likeness (QED) is 0.495. The Bertz CT molecular complexity index is 810. The van der Waals surface area contributed by atoms with Crippen LogP contribution in [0.2, 0.25) is 0 Å². The van der Waals surface area contributed by atoms with Gasteiger partial charge in [-0.15, -0.1) is 0 Å². The molecule has 1 aromatic heterocycles. The molecule has 152 valence electrons. The summed E-state index contributed by atoms with van der Waals surface area (Å²) in [5.41, 5.74) is 2.42. The summed E-state index contributed by atoms with van der Waals surface area (Å²) >= 11 is 0. The molecule has 7 nitrogen and oxygen atoms in total. The fourth-order valence-corrected chi connectivity index (χ4v) is 4.61. The summed E-state index contributed by atoms with van der Waals surface area (Å²) < 4.78 is 31.9. The number of nitrogens with zero attached hydrogens (tertiary/aromatic N) is 2. The van der Waals surface area contributed by atoms with Crippen LogP contribution in [0, 0.1) is 19.8 Å². The Labute approximate surface area is 161 Å². The number of esters is 1. The number of hydrogen-bond acceptors (Lipinski definition) is 5. The number of ketones is 1. The van der Waals surface area contributed by atoms with Crippen LogP contribution in [0.3, 0.4) is 0 Å². The van der Waals surface area contributed by atoms with Crippen molar-refractivity contribution in [2.24, 2.45) is 5.92 Å². The van der Waals surface area contributed by atoms with Crippen LogP contribution in [0.15, 0.2) is 6.07 Å². The first kappa shape index (κ1) is 21.6. The first-order valence-corrected chi connectivity index (χ1v) is 11.2. The third-order valence-corrected chi connectivity index (χ3v) is 6.34. The fourth-order valence-electron chi connectivity index (χ4n) is 3.50. The van der Waals surface area contributed by atoms with Gasteiger partial charge in [-0.3, -0.25) is 9.59 Å². The average molecular weight is 399 g/mol. The van der Waals surface area contributed by atoms with E-state index in [4.69, 9.17) is 4.74 Å². The number of aromatic nitrogens is 1. The predicted molar refractivity (Wildman–Crippen MR) is 103 cm³/mol. The van der Waals surface area contributed by atoms with Crippen LogP contribution in [0.5, 0.6) is 0 Å². The lowest BCUT2D eigenvalue weighted by Crippen LogP contribution is -2.41. The fraction of sp³-hybridized carbons (Fsp3) is 0.684. The molecule has 1 aromatic rings. The maximum atomic E-state index is 12.5. The molecule has 1 atom stereocenters. The second-order valence-electron chi connectivity index (χ2n) is 7.68. The number of hydrogen-bond donors (Lipinski definition) is 0. The number of ether oxygens (including phenoxy) is 1. The lowest BCUT2D eigenvalue weighted by Gasteiger charge is -2.20. The Balaban J connectivity index is 2.02. The number of rotatable bonds is 8. The molecular weight excluding hydrogens is 368 g/mol. The summed E-state index contributed by atoms with van der Waals surface area (Å²) in [4.78, 5) is 24.8. The summed E-state index contributed by atoms with van der Waals surface area (Å²) in [6.45, 7) is 8.94. The first-order valence-electron chi connectivity index (χ1n) is 9.35. The van der Waals surface area contributed by atoms with Gasteiger partial charge in [0.15, 0.2) is 6.61 Å². The van der Waals surface area contributed by atoms with E-state index in [0.717, 1.165) is 34.9 Å². The standard InChI is InChI=1S/C19H30N2O5S/c1-13(2)8-10-20-14(3)11-16(15(20)4)18(22)12-26-19(23)17-7-6-9-21(17)27(5,24)25/h11,13,17H,6-10,12H2,1-5H3. The third kappa shape index (κ3) is 5.19. The summed E-state index contributed by atoms with van der Waals surface area (Å²) in [6.07, 6.45) is 3.12. The molecule has 0 aromatic carbocycles. The van der Waals surface area contributed by atoms with Crippen molar-refractivity contribution in [2.75, 3.05) is 19.4 Å². The molecule has 0 radical (unpaired) electrons. The maximum absolute atomic E-state index is 12.5. The minimum Gasteiger partial charge on any atom is -0.456 e. The second kappa shape index (κ2) is 8.56. The van der Waals surface area contributed by atoms with Crippen LogP contribution in [0.4, 0.5) is 0 Å². The van der Waals surface area contributed by atoms with E-state index in [1.54, 1.807) is 0 Å². The zero-order chi connectivity index (χ0) is 20.4. The smallest absolute Gasteiger partial charge is 0.324 e. The summed E-state index contributed by atoms with van der Waals surface area (Å²) in [6, 6.07) is 0.996. The lowest BCUT2D eigenvalue weighted by atomic mass is 10.1. The highest BCUT2D eigenvalue weighted by molar-refractivity contribution is 7.88. The van der Waals surface area contributed by atoms with Gasteiger partial charge in [0.25, 0.3) is 0 Å². The van der Waals surface area contributed by atoms with Gasteiger partial charge in [-0.25, -0.2) is 8.42 Å². The van der Waals surface area contributed by atoms with Crippen molar-refractivity contribution < 1.29 is 22.7 Å². The number of carbonyl (C=O) groups is 2. The van der Waals surface area contributed by atoms with E-state index in [9.17, 15) is 18.0 Å². The molecule has 8 heteroatoms. The minimum atomic E-state index is -3.47. The molecular formula is C19H30N2O5S. The van der Waals surface area contributed by atoms with Gasteiger partial charge in [0.05, 0.1) is 6.26 Å². The molecule has 0 N–H and O–H groups in total. The monoisotopic (exact) mass is 398 g/mol. The van der Waals surface area contributed by atoms with Gasteiger partial charge in [0.1, 0.15) is 6.04 Å². The van der Waals surface area contributed by atoms with E-state index in [2.05, 4.69) is 18.4 Å². The Morgan fingerprint density at radius 1 is 1.30 bits per heavy atom. The maximum Gasteiger partial charge on any atom is 0.324 e. The molecule has 0 amide bonds. The molecule has 1 fully saturated rings. The largest absolute Gasteiger partial charge is 0.456 e. The SMILES string of the molecule is Cc1cc(C(=O)COC(=O)C2CCCN2S(C)(=O)=O)c(C)n1CCC(C)C. The third-order valence-electron chi connectivity index (χ3n) is 5.05. The minimum absolute atomic E-state index is 0.267. The Morgan fingerprint density at radius 3 is 2.56 bits per heavy atom. The van der Waals surface area contributed by atoms with E-state index in [1.165, 1.54) is 0 Å². The van der Waals surface area contributed by atoms with Gasteiger partial charge in [-0.05, 0) is 45.1 Å². The molecule has 1 unspecified atom stereocenters. The number of sulfonamides is 1. The molecule has 1 saturated heterocycles. The summed E-state index contributed by atoms with van der Waals surface area (Å²) in [5, 5.41) is 0. The van der Waals surface area contributed by atoms with E-state index in [1.807, 2.05) is 19.9 Å². The molecule has 1 aliphatic rings. The van der Waals surface area contributed by atoms with Crippen molar-refractivity contribution >= 4 is 21.8 Å². The number of aryl methyl sites for hydroxylation is 1. The summed E-state index contributed by atoms with van der Waals surface area (Å²) in [7, 11) is -3.47. The topological polar surface area (TPSA) is 85.7 Å². The van der Waals surface area contributed by atoms with Gasteiger partial charge in [0, 0.05) is 30.0 Å². The van der Waals surface area contributed by atoms with Gasteiger partial charge >= 0.3 is 5.97 Å². The lowest BCUT2D eigenvalue weighted by molar-refractivity contribution is -0.146. The zero-order valence-electron chi connectivity index (χ0n) is 16.8. The highest BCUT2D eigenvalue weighted by Crippen LogP contribution is 2.22. The number of Topliss-reactive ketones (excluding diaryl/α,β-unsaturated/α-hetero) is 1. The van der Waals surface area contributed by atoms with Crippen LogP contribution in [-0.4, -0.2) is 54.5 Å². The van der Waals surface area contributed by atoms with Gasteiger partial charge < -0.3 is 9.30 Å². The highest BCUT2D eigenvalue weighted by atomic mass is 32.2. The van der Waals surface area contributed by atoms with E-state index >= 15 is 0 Å². The first-order chi connectivity index (χ1) is 12.5. The zero-order valence-corrected chi connectivity index (χ0v) is 17.6. The van der Waals surface area contributed by atoms with E-state index < -0.39 is 22.0 Å². The van der Waals surface area contributed by atoms with Crippen LogP contribution < -0.4 is 0 Å². The van der Waals surface area contributed by atoms with Gasteiger partial charge in [-0.2, -0.15) is 4.31 Å². The molecule has 0 bridgehead atoms. The molecule has 2 heterocycles. The Kier molecular flexibility index (Phi) is 6.86. The van der Waals surface area contributed by atoms with Crippen molar-refractivity contribution in [3.8, 4) is 0 Å². The van der Waals surface area contributed by atoms with Crippen molar-refractivity contribution in [1.82, 2.24) is 8.87 Å². The van der Waals surface area contributed by atoms with Crippen molar-refractivity contribution in [2.45, 2.75) is 59.5 Å². The molecule has 1 aliphatic heterocycles. The van der Waals surface area contributed by atoms with Crippen LogP contribution >= 0.6 is 0 Å². The van der Waals surface area contributed by atoms with Crippen LogP contribution in [0.1, 0.15) is 54.9 Å². The molecule has 2 rings (SSSR count). The second-order valence-corrected chi connectivity index (χ2v) is 9.62. The van der Waals surface area contributed by atoms with Crippen molar-refractivity contribution in [3.05, 3.63) is 23.0 Å². The average Bonchev–Trinajstić information content (AvgIpc) is 3.16. The highest BCUT2D eigenvalue weighted by Gasteiger charge is 2.37. The van der Waals surface area contributed by atoms with Crippen LogP contribution in [-0.2, 0) is 26.1 Å². The molecule has 27 heavy (non-hydrogen) atoms. The van der Waals surface area contributed by atoms with E-state index in [0.29, 0.717) is 30.9 Å².